The number of nitrogens with one attached hydrogen (secondary N) is 3. The first-order valence-electron chi connectivity index (χ1n) is 10.7. The van der Waals surface area contributed by atoms with Crippen LogP contribution in [0.4, 0.5) is 0 Å². The number of nitrogens with zero attached hydrogens (tertiary/aromatic N) is 1. The van der Waals surface area contributed by atoms with E-state index in [1.807, 2.05) is 62.4 Å². The minimum Gasteiger partial charge on any atom is -0.489 e. The molecule has 0 radical (unpaired) electrons. The van der Waals surface area contributed by atoms with Gasteiger partial charge in [-0.1, -0.05) is 24.3 Å². The summed E-state index contributed by atoms with van der Waals surface area (Å²) in [6.07, 6.45) is 2.12. The van der Waals surface area contributed by atoms with Crippen LogP contribution in [0.15, 0.2) is 53.5 Å². The van der Waals surface area contributed by atoms with Crippen molar-refractivity contribution in [3.8, 4) is 11.5 Å². The number of benzene rings is 2. The van der Waals surface area contributed by atoms with Gasteiger partial charge in [0.2, 0.25) is 0 Å². The lowest BCUT2D eigenvalue weighted by Crippen LogP contribution is -2.41. The normalized spacial score (nSPS) is 14.0. The van der Waals surface area contributed by atoms with Crippen LogP contribution in [0.5, 0.6) is 11.5 Å². The van der Waals surface area contributed by atoms with Gasteiger partial charge in [-0.15, -0.1) is 24.0 Å². The molecule has 1 atom stereocenters. The summed E-state index contributed by atoms with van der Waals surface area (Å²) in [6, 6.07) is 16.1. The molecule has 0 saturated heterocycles. The van der Waals surface area contributed by atoms with Crippen LogP contribution in [-0.4, -0.2) is 44.2 Å². The lowest BCUT2D eigenvalue weighted by Gasteiger charge is -2.18. The van der Waals surface area contributed by atoms with Gasteiger partial charge in [-0.05, 0) is 62.1 Å². The Morgan fingerprint density at radius 2 is 1.88 bits per heavy atom. The van der Waals surface area contributed by atoms with Crippen molar-refractivity contribution in [1.82, 2.24) is 16.0 Å². The number of carbonyl (C=O) groups is 1. The highest BCUT2D eigenvalue weighted by molar-refractivity contribution is 14.0. The lowest BCUT2D eigenvalue weighted by molar-refractivity contribution is -0.123. The fraction of sp³-hybridized carbons (Fsp3) is 0.417. The highest BCUT2D eigenvalue weighted by Gasteiger charge is 2.23. The Labute approximate surface area is 207 Å². The number of hydrogen-bond acceptors (Lipinski definition) is 4. The van der Waals surface area contributed by atoms with E-state index in [1.54, 1.807) is 7.05 Å². The molecule has 1 amide bonds. The standard InChI is InChI=1S/C24H32N4O3.HI/c1-17-6-4-9-22(12-17)31-18(2)14-26-24(25-3)27-15-19-7-5-8-21(13-19)30-16-23(29)28-20-10-11-20;/h4-9,12-13,18,20H,10-11,14-16H2,1-3H3,(H,28,29)(H2,25,26,27);1H. The Balaban J connectivity index is 0.00000363. The zero-order chi connectivity index (χ0) is 22.1. The van der Waals surface area contributed by atoms with Crippen molar-refractivity contribution in [2.24, 2.45) is 4.99 Å². The number of carbonyl (C=O) groups excluding carboxylic acids is 1. The Morgan fingerprint density at radius 3 is 2.59 bits per heavy atom. The third-order valence-electron chi connectivity index (χ3n) is 4.78. The van der Waals surface area contributed by atoms with E-state index in [-0.39, 0.29) is 42.6 Å². The minimum atomic E-state index is -0.0716. The maximum atomic E-state index is 11.8. The van der Waals surface area contributed by atoms with Crippen molar-refractivity contribution in [1.29, 1.82) is 0 Å². The summed E-state index contributed by atoms with van der Waals surface area (Å²) in [5.41, 5.74) is 2.21. The Hall–Kier alpha value is -2.49. The first kappa shape index (κ1) is 25.8. The van der Waals surface area contributed by atoms with E-state index in [0.717, 1.165) is 24.2 Å². The molecule has 0 aromatic heterocycles. The van der Waals surface area contributed by atoms with Crippen molar-refractivity contribution < 1.29 is 14.3 Å². The van der Waals surface area contributed by atoms with Crippen LogP contribution in [0.2, 0.25) is 0 Å². The largest absolute Gasteiger partial charge is 0.489 e. The summed E-state index contributed by atoms with van der Waals surface area (Å²) in [4.78, 5) is 16.0. The molecule has 2 aromatic carbocycles. The zero-order valence-corrected chi connectivity index (χ0v) is 21.2. The van der Waals surface area contributed by atoms with Crippen LogP contribution in [0.1, 0.15) is 30.9 Å². The average molecular weight is 552 g/mol. The molecule has 1 saturated carbocycles. The number of hydrogen-bond donors (Lipinski definition) is 3. The molecular formula is C24H33IN4O3. The smallest absolute Gasteiger partial charge is 0.258 e. The number of ether oxygens (including phenoxy) is 2. The molecule has 3 N–H and O–H groups in total. The van der Waals surface area contributed by atoms with Gasteiger partial charge < -0.3 is 25.4 Å². The van der Waals surface area contributed by atoms with Gasteiger partial charge in [0.15, 0.2) is 12.6 Å². The number of aryl methyl sites for hydroxylation is 1. The molecular weight excluding hydrogens is 519 g/mol. The van der Waals surface area contributed by atoms with Crippen molar-refractivity contribution in [2.75, 3.05) is 20.2 Å². The number of amides is 1. The maximum absolute atomic E-state index is 11.8. The van der Waals surface area contributed by atoms with Gasteiger partial charge in [0.25, 0.3) is 5.91 Å². The van der Waals surface area contributed by atoms with Gasteiger partial charge in [0.05, 0.1) is 6.54 Å². The predicted octanol–water partition coefficient (Wildman–Crippen LogP) is 3.40. The molecule has 8 heteroatoms. The van der Waals surface area contributed by atoms with Crippen molar-refractivity contribution in [3.05, 3.63) is 59.7 Å². The molecule has 1 fully saturated rings. The molecule has 1 aliphatic rings. The van der Waals surface area contributed by atoms with Gasteiger partial charge in [-0.2, -0.15) is 0 Å². The predicted molar refractivity (Wildman–Crippen MR) is 138 cm³/mol. The van der Waals surface area contributed by atoms with Crippen molar-refractivity contribution in [3.63, 3.8) is 0 Å². The topological polar surface area (TPSA) is 84.0 Å². The maximum Gasteiger partial charge on any atom is 0.258 e. The number of aliphatic imine (C=N–C) groups is 1. The van der Waals surface area contributed by atoms with Gasteiger partial charge >= 0.3 is 0 Å². The third kappa shape index (κ3) is 9.33. The molecule has 0 aliphatic heterocycles. The second-order valence-corrected chi connectivity index (χ2v) is 7.83. The van der Waals surface area contributed by atoms with E-state index < -0.39 is 0 Å². The fourth-order valence-electron chi connectivity index (χ4n) is 3.00. The van der Waals surface area contributed by atoms with Crippen LogP contribution < -0.4 is 25.4 Å². The molecule has 0 spiro atoms. The van der Waals surface area contributed by atoms with Crippen LogP contribution in [0.25, 0.3) is 0 Å². The minimum absolute atomic E-state index is 0. The van der Waals surface area contributed by atoms with Gasteiger partial charge in [0.1, 0.15) is 17.6 Å². The summed E-state index contributed by atoms with van der Waals surface area (Å²) < 4.78 is 11.6. The molecule has 1 aliphatic carbocycles. The molecule has 3 rings (SSSR count). The summed E-state index contributed by atoms with van der Waals surface area (Å²) in [6.45, 7) is 5.30. The van der Waals surface area contributed by atoms with E-state index in [1.165, 1.54) is 5.56 Å². The first-order valence-corrected chi connectivity index (χ1v) is 10.7. The summed E-state index contributed by atoms with van der Waals surface area (Å²) in [7, 11) is 1.74. The molecule has 174 valence electrons. The van der Waals surface area contributed by atoms with Crippen LogP contribution in [-0.2, 0) is 11.3 Å². The quantitative estimate of drug-likeness (QED) is 0.239. The van der Waals surface area contributed by atoms with E-state index in [9.17, 15) is 4.79 Å². The first-order chi connectivity index (χ1) is 15.0. The molecule has 1 unspecified atom stereocenters. The Bertz CT molecular complexity index is 902. The zero-order valence-electron chi connectivity index (χ0n) is 18.9. The fourth-order valence-corrected chi connectivity index (χ4v) is 3.00. The van der Waals surface area contributed by atoms with Crippen LogP contribution in [0.3, 0.4) is 0 Å². The highest BCUT2D eigenvalue weighted by atomic mass is 127. The third-order valence-corrected chi connectivity index (χ3v) is 4.78. The Kier molecular flexibility index (Phi) is 10.6. The van der Waals surface area contributed by atoms with Crippen LogP contribution >= 0.6 is 24.0 Å². The van der Waals surface area contributed by atoms with Gasteiger partial charge in [-0.25, -0.2) is 0 Å². The van der Waals surface area contributed by atoms with Gasteiger partial charge in [-0.3, -0.25) is 9.79 Å². The number of guanidine groups is 1. The van der Waals surface area contributed by atoms with Gasteiger partial charge in [0, 0.05) is 19.6 Å². The second kappa shape index (κ2) is 13.1. The number of rotatable bonds is 10. The lowest BCUT2D eigenvalue weighted by atomic mass is 10.2. The number of halogens is 1. The van der Waals surface area contributed by atoms with Crippen LogP contribution in [0, 0.1) is 6.92 Å². The average Bonchev–Trinajstić information content (AvgIpc) is 3.57. The summed E-state index contributed by atoms with van der Waals surface area (Å²) in [5.74, 6) is 2.15. The molecule has 0 heterocycles. The van der Waals surface area contributed by atoms with E-state index >= 15 is 0 Å². The summed E-state index contributed by atoms with van der Waals surface area (Å²) in [5, 5.41) is 9.49. The van der Waals surface area contributed by atoms with E-state index in [0.29, 0.717) is 30.8 Å². The van der Waals surface area contributed by atoms with Crippen molar-refractivity contribution in [2.45, 2.75) is 45.4 Å². The van der Waals surface area contributed by atoms with E-state index in [2.05, 4.69) is 20.9 Å². The second-order valence-electron chi connectivity index (χ2n) is 7.83. The SMILES string of the molecule is CN=C(NCc1cccc(OCC(=O)NC2CC2)c1)NCC(C)Oc1cccc(C)c1.I. The monoisotopic (exact) mass is 552 g/mol. The molecule has 32 heavy (non-hydrogen) atoms. The summed E-state index contributed by atoms with van der Waals surface area (Å²) >= 11 is 0. The molecule has 2 aromatic rings. The highest BCUT2D eigenvalue weighted by Crippen LogP contribution is 2.18. The Morgan fingerprint density at radius 1 is 1.12 bits per heavy atom. The van der Waals surface area contributed by atoms with Crippen molar-refractivity contribution >= 4 is 35.8 Å². The van der Waals surface area contributed by atoms with E-state index in [4.69, 9.17) is 9.47 Å². The molecule has 7 nitrogen and oxygen atoms in total. The molecule has 0 bridgehead atoms.